The zero-order valence-electron chi connectivity index (χ0n) is 9.87. The Balaban J connectivity index is 2.21. The molecule has 2 N–H and O–H groups in total. The van der Waals surface area contributed by atoms with Crippen LogP contribution in [0.4, 0.5) is 11.5 Å². The van der Waals surface area contributed by atoms with Crippen LogP contribution in [0.15, 0.2) is 42.7 Å². The lowest BCUT2D eigenvalue weighted by atomic mass is 10.3. The van der Waals surface area contributed by atoms with Crippen molar-refractivity contribution in [2.45, 2.75) is 13.5 Å². The Hall–Kier alpha value is -2.10. The first-order valence-electron chi connectivity index (χ1n) is 5.66. The Morgan fingerprint density at radius 1 is 1.12 bits per heavy atom. The van der Waals surface area contributed by atoms with Crippen LogP contribution in [0.3, 0.4) is 0 Å². The van der Waals surface area contributed by atoms with Crippen LogP contribution < -0.4 is 10.6 Å². The van der Waals surface area contributed by atoms with E-state index >= 15 is 0 Å². The van der Waals surface area contributed by atoms with Crippen LogP contribution in [-0.2, 0) is 6.54 Å². The van der Waals surface area contributed by atoms with E-state index < -0.39 is 0 Å². The fraction of sp³-hybridized carbons (Fsp3) is 0.231. The number of pyridine rings is 2. The summed E-state index contributed by atoms with van der Waals surface area (Å²) in [5.41, 5.74) is 7.86. The molecule has 2 aromatic heterocycles. The summed E-state index contributed by atoms with van der Waals surface area (Å²) in [6.07, 6.45) is 3.50. The molecule has 0 spiro atoms. The van der Waals surface area contributed by atoms with Crippen molar-refractivity contribution < 1.29 is 0 Å². The summed E-state index contributed by atoms with van der Waals surface area (Å²) in [5, 5.41) is 0. The Morgan fingerprint density at radius 3 is 2.59 bits per heavy atom. The van der Waals surface area contributed by atoms with Crippen molar-refractivity contribution in [3.63, 3.8) is 0 Å². The molecule has 2 aromatic rings. The van der Waals surface area contributed by atoms with Gasteiger partial charge in [0.25, 0.3) is 0 Å². The molecule has 0 aliphatic heterocycles. The third-order valence-electron chi connectivity index (χ3n) is 2.62. The van der Waals surface area contributed by atoms with Gasteiger partial charge in [0, 0.05) is 18.9 Å². The molecule has 2 heterocycles. The quantitative estimate of drug-likeness (QED) is 0.870. The molecule has 88 valence electrons. The van der Waals surface area contributed by atoms with E-state index in [-0.39, 0.29) is 0 Å². The number of anilines is 2. The second-order valence-electron chi connectivity index (χ2n) is 3.74. The summed E-state index contributed by atoms with van der Waals surface area (Å²) >= 11 is 0. The number of hydrogen-bond acceptors (Lipinski definition) is 4. The van der Waals surface area contributed by atoms with Gasteiger partial charge in [-0.3, -0.25) is 4.98 Å². The maximum Gasteiger partial charge on any atom is 0.146 e. The Bertz CT molecular complexity index is 470. The molecule has 0 atom stereocenters. The van der Waals surface area contributed by atoms with Gasteiger partial charge in [-0.15, -0.1) is 0 Å². The van der Waals surface area contributed by atoms with Gasteiger partial charge in [0.2, 0.25) is 0 Å². The third-order valence-corrected chi connectivity index (χ3v) is 2.62. The molecule has 0 aliphatic rings. The van der Waals surface area contributed by atoms with E-state index in [9.17, 15) is 0 Å². The first kappa shape index (κ1) is 11.4. The fourth-order valence-electron chi connectivity index (χ4n) is 1.73. The SMILES string of the molecule is CCN(Cc1ccccn1)c1cccnc1N. The van der Waals surface area contributed by atoms with Gasteiger partial charge in [0.1, 0.15) is 5.82 Å². The molecule has 0 radical (unpaired) electrons. The normalized spacial score (nSPS) is 10.2. The molecule has 0 saturated heterocycles. The molecule has 4 heteroatoms. The Kier molecular flexibility index (Phi) is 3.55. The zero-order valence-corrected chi connectivity index (χ0v) is 9.87. The van der Waals surface area contributed by atoms with E-state index in [1.807, 2.05) is 30.3 Å². The van der Waals surface area contributed by atoms with E-state index in [0.29, 0.717) is 5.82 Å². The van der Waals surface area contributed by atoms with Crippen LogP contribution in [0.2, 0.25) is 0 Å². The van der Waals surface area contributed by atoms with E-state index in [1.54, 1.807) is 12.4 Å². The maximum absolute atomic E-state index is 5.88. The zero-order chi connectivity index (χ0) is 12.1. The lowest BCUT2D eigenvalue weighted by Crippen LogP contribution is -2.23. The van der Waals surface area contributed by atoms with Crippen molar-refractivity contribution in [1.82, 2.24) is 9.97 Å². The second-order valence-corrected chi connectivity index (χ2v) is 3.74. The summed E-state index contributed by atoms with van der Waals surface area (Å²) in [6.45, 7) is 3.70. The lowest BCUT2D eigenvalue weighted by Gasteiger charge is -2.23. The minimum absolute atomic E-state index is 0.560. The molecule has 0 bridgehead atoms. The van der Waals surface area contributed by atoms with Crippen molar-refractivity contribution in [3.05, 3.63) is 48.4 Å². The van der Waals surface area contributed by atoms with Crippen LogP contribution in [0, 0.1) is 0 Å². The first-order chi connectivity index (χ1) is 8.31. The molecule has 0 saturated carbocycles. The molecule has 0 fully saturated rings. The smallest absolute Gasteiger partial charge is 0.146 e. The molecule has 0 unspecified atom stereocenters. The third kappa shape index (κ3) is 2.72. The Labute approximate surface area is 101 Å². The average Bonchev–Trinajstić information content (AvgIpc) is 2.38. The summed E-state index contributed by atoms with van der Waals surface area (Å²) in [5.74, 6) is 0.560. The van der Waals surface area contributed by atoms with Gasteiger partial charge in [-0.1, -0.05) is 6.07 Å². The topological polar surface area (TPSA) is 55.0 Å². The highest BCUT2D eigenvalue weighted by Gasteiger charge is 2.09. The summed E-state index contributed by atoms with van der Waals surface area (Å²) in [6, 6.07) is 9.79. The highest BCUT2D eigenvalue weighted by molar-refractivity contribution is 5.62. The number of nitrogens with two attached hydrogens (primary N) is 1. The summed E-state index contributed by atoms with van der Waals surface area (Å²) in [4.78, 5) is 10.6. The van der Waals surface area contributed by atoms with Crippen LogP contribution in [0.5, 0.6) is 0 Å². The van der Waals surface area contributed by atoms with Crippen molar-refractivity contribution in [3.8, 4) is 0 Å². The average molecular weight is 228 g/mol. The number of rotatable bonds is 4. The van der Waals surface area contributed by atoms with Crippen LogP contribution in [-0.4, -0.2) is 16.5 Å². The molecule has 0 aromatic carbocycles. The summed E-state index contributed by atoms with van der Waals surface area (Å²) in [7, 11) is 0. The van der Waals surface area contributed by atoms with Crippen molar-refractivity contribution >= 4 is 11.5 Å². The number of hydrogen-bond donors (Lipinski definition) is 1. The van der Waals surface area contributed by atoms with E-state index in [4.69, 9.17) is 5.73 Å². The van der Waals surface area contributed by atoms with Crippen molar-refractivity contribution in [1.29, 1.82) is 0 Å². The molecular weight excluding hydrogens is 212 g/mol. The number of nitrogen functional groups attached to an aromatic ring is 1. The number of nitrogens with zero attached hydrogens (tertiary/aromatic N) is 3. The highest BCUT2D eigenvalue weighted by atomic mass is 15.1. The maximum atomic E-state index is 5.88. The van der Waals surface area contributed by atoms with Crippen molar-refractivity contribution in [2.24, 2.45) is 0 Å². The predicted octanol–water partition coefficient (Wildman–Crippen LogP) is 2.09. The van der Waals surface area contributed by atoms with Gasteiger partial charge < -0.3 is 10.6 Å². The molecule has 0 amide bonds. The number of aromatic nitrogens is 2. The predicted molar refractivity (Wildman–Crippen MR) is 69.6 cm³/mol. The van der Waals surface area contributed by atoms with Gasteiger partial charge >= 0.3 is 0 Å². The fourth-order valence-corrected chi connectivity index (χ4v) is 1.73. The van der Waals surface area contributed by atoms with E-state index in [2.05, 4.69) is 21.8 Å². The minimum atomic E-state index is 0.560. The molecule has 17 heavy (non-hydrogen) atoms. The molecule has 4 nitrogen and oxygen atoms in total. The second kappa shape index (κ2) is 5.30. The van der Waals surface area contributed by atoms with Gasteiger partial charge in [-0.25, -0.2) is 4.98 Å². The minimum Gasteiger partial charge on any atom is -0.382 e. The highest BCUT2D eigenvalue weighted by Crippen LogP contribution is 2.21. The van der Waals surface area contributed by atoms with Gasteiger partial charge in [-0.05, 0) is 31.2 Å². The van der Waals surface area contributed by atoms with Crippen LogP contribution in [0.25, 0.3) is 0 Å². The van der Waals surface area contributed by atoms with Crippen molar-refractivity contribution in [2.75, 3.05) is 17.2 Å². The molecule has 0 aliphatic carbocycles. The monoisotopic (exact) mass is 228 g/mol. The standard InChI is InChI=1S/C13H16N4/c1-2-17(10-11-6-3-4-8-15-11)12-7-5-9-16-13(12)14/h3-9H,2,10H2,1H3,(H2,14,16). The first-order valence-corrected chi connectivity index (χ1v) is 5.66. The largest absolute Gasteiger partial charge is 0.382 e. The van der Waals surface area contributed by atoms with Crippen LogP contribution >= 0.6 is 0 Å². The Morgan fingerprint density at radius 2 is 1.94 bits per heavy atom. The lowest BCUT2D eigenvalue weighted by molar-refractivity contribution is 0.809. The van der Waals surface area contributed by atoms with Gasteiger partial charge in [0.05, 0.1) is 17.9 Å². The van der Waals surface area contributed by atoms with E-state index in [0.717, 1.165) is 24.5 Å². The van der Waals surface area contributed by atoms with Gasteiger partial charge in [-0.2, -0.15) is 0 Å². The van der Waals surface area contributed by atoms with Gasteiger partial charge in [0.15, 0.2) is 0 Å². The summed E-state index contributed by atoms with van der Waals surface area (Å²) < 4.78 is 0. The van der Waals surface area contributed by atoms with E-state index in [1.165, 1.54) is 0 Å². The molecular formula is C13H16N4. The van der Waals surface area contributed by atoms with Crippen LogP contribution in [0.1, 0.15) is 12.6 Å². The molecule has 2 rings (SSSR count).